The first-order chi connectivity index (χ1) is 23.0. The number of carbonyl (C=O) groups excluding carboxylic acids is 3. The van der Waals surface area contributed by atoms with Crippen LogP contribution < -0.4 is 14.2 Å². The summed E-state index contributed by atoms with van der Waals surface area (Å²) in [6, 6.07) is 26.2. The third-order valence-electron chi connectivity index (χ3n) is 6.29. The molecule has 0 aliphatic carbocycles. The van der Waals surface area contributed by atoms with Crippen LogP contribution in [0.4, 0.5) is 0 Å². The first-order valence-electron chi connectivity index (χ1n) is 14.6. The molecule has 0 N–H and O–H groups in total. The number of esters is 3. The normalized spacial score (nSPS) is 9.56. The van der Waals surface area contributed by atoms with Crippen molar-refractivity contribution in [2.45, 2.75) is 20.8 Å². The van der Waals surface area contributed by atoms with Gasteiger partial charge >= 0.3 is 17.9 Å². The molecule has 0 aliphatic heterocycles. The highest BCUT2D eigenvalue weighted by Crippen LogP contribution is 2.21. The maximum absolute atomic E-state index is 12.4. The highest BCUT2D eigenvalue weighted by Gasteiger charge is 2.10. The maximum atomic E-state index is 12.4. The fourth-order valence-electron chi connectivity index (χ4n) is 3.64. The third-order valence-corrected chi connectivity index (χ3v) is 6.29. The van der Waals surface area contributed by atoms with Crippen LogP contribution in [0.5, 0.6) is 17.2 Å². The van der Waals surface area contributed by atoms with Gasteiger partial charge in [0, 0.05) is 44.5 Å². The van der Waals surface area contributed by atoms with Crippen molar-refractivity contribution < 1.29 is 28.6 Å². The molecule has 0 spiro atoms. The first kappa shape index (κ1) is 34.1. The molecule has 4 rings (SSSR count). The summed E-state index contributed by atoms with van der Waals surface area (Å²) >= 11 is 0. The minimum atomic E-state index is -0.575. The molecule has 0 saturated heterocycles. The second-order valence-corrected chi connectivity index (χ2v) is 10.6. The van der Waals surface area contributed by atoms with Gasteiger partial charge in [-0.05, 0) is 112 Å². The van der Waals surface area contributed by atoms with Crippen LogP contribution in [0, 0.1) is 35.5 Å². The zero-order valence-electron chi connectivity index (χ0n) is 26.7. The van der Waals surface area contributed by atoms with Crippen LogP contribution in [0.1, 0.15) is 54.2 Å². The molecule has 48 heavy (non-hydrogen) atoms. The lowest BCUT2D eigenvalue weighted by Crippen LogP contribution is -2.09. The van der Waals surface area contributed by atoms with E-state index in [1.165, 1.54) is 0 Å². The summed E-state index contributed by atoms with van der Waals surface area (Å²) < 4.78 is 16.0. The van der Waals surface area contributed by atoms with Crippen LogP contribution in [0.25, 0.3) is 0 Å². The minimum absolute atomic E-state index is 0.247. The van der Waals surface area contributed by atoms with Gasteiger partial charge < -0.3 is 14.2 Å². The Balaban J connectivity index is 1.48. The summed E-state index contributed by atoms with van der Waals surface area (Å²) in [6.07, 6.45) is 0. The van der Waals surface area contributed by atoms with Gasteiger partial charge in [-0.25, -0.2) is 14.4 Å². The van der Waals surface area contributed by atoms with Gasteiger partial charge in [0.2, 0.25) is 0 Å². The molecule has 0 aromatic heterocycles. The van der Waals surface area contributed by atoms with Crippen molar-refractivity contribution in [1.29, 1.82) is 0 Å². The van der Waals surface area contributed by atoms with Gasteiger partial charge in [0.15, 0.2) is 0 Å². The average molecular weight is 631 g/mol. The number of carbonyl (C=O) groups is 3. The summed E-state index contributed by atoms with van der Waals surface area (Å²) in [4.78, 5) is 35.8. The zero-order chi connectivity index (χ0) is 34.6. The Labute approximate surface area is 280 Å². The van der Waals surface area contributed by atoms with Crippen LogP contribution >= 0.6 is 0 Å². The summed E-state index contributed by atoms with van der Waals surface area (Å²) in [6.45, 7) is 15.5. The molecular weight excluding hydrogens is 600 g/mol. The van der Waals surface area contributed by atoms with Crippen molar-refractivity contribution in [2.75, 3.05) is 0 Å². The molecule has 0 unspecified atom stereocenters. The van der Waals surface area contributed by atoms with Crippen LogP contribution in [0.15, 0.2) is 127 Å². The molecule has 6 heteroatoms. The van der Waals surface area contributed by atoms with E-state index in [2.05, 4.69) is 55.3 Å². The van der Waals surface area contributed by atoms with Crippen LogP contribution in [-0.4, -0.2) is 17.9 Å². The van der Waals surface area contributed by atoms with Crippen molar-refractivity contribution in [2.24, 2.45) is 0 Å². The van der Waals surface area contributed by atoms with E-state index in [9.17, 15) is 14.4 Å². The van der Waals surface area contributed by atoms with Gasteiger partial charge in [0.25, 0.3) is 0 Å². The largest absolute Gasteiger partial charge is 0.423 e. The number of benzene rings is 4. The van der Waals surface area contributed by atoms with Gasteiger partial charge in [-0.3, -0.25) is 0 Å². The van der Waals surface area contributed by atoms with Gasteiger partial charge in [0.05, 0.1) is 5.56 Å². The van der Waals surface area contributed by atoms with E-state index in [0.29, 0.717) is 39.3 Å². The molecule has 0 amide bonds. The van der Waals surface area contributed by atoms with Crippen molar-refractivity contribution in [1.82, 2.24) is 0 Å². The summed E-state index contributed by atoms with van der Waals surface area (Å²) in [5, 5.41) is 0. The topological polar surface area (TPSA) is 78.9 Å². The van der Waals surface area contributed by atoms with Crippen molar-refractivity contribution in [3.63, 3.8) is 0 Å². The second kappa shape index (κ2) is 16.0. The third kappa shape index (κ3) is 10.1. The zero-order valence-corrected chi connectivity index (χ0v) is 26.7. The Bertz CT molecular complexity index is 2110. The van der Waals surface area contributed by atoms with Gasteiger partial charge in [0.1, 0.15) is 17.2 Å². The van der Waals surface area contributed by atoms with E-state index >= 15 is 0 Å². The summed E-state index contributed by atoms with van der Waals surface area (Å²) in [5.74, 6) is 18.0. The highest BCUT2D eigenvalue weighted by atomic mass is 16.5. The number of rotatable bonds is 6. The number of hydrogen-bond donors (Lipinski definition) is 0. The predicted octanol–water partition coefficient (Wildman–Crippen LogP) is 7.33. The van der Waals surface area contributed by atoms with Crippen molar-refractivity contribution in [3.05, 3.63) is 161 Å². The highest BCUT2D eigenvalue weighted by molar-refractivity contribution is 5.90. The Kier molecular flexibility index (Phi) is 11.3. The fraction of sp³-hybridized carbons (Fsp3) is 0.0714. The lowest BCUT2D eigenvalue weighted by molar-refractivity contribution is -0.130. The molecule has 0 saturated carbocycles. The van der Waals surface area contributed by atoms with Gasteiger partial charge in [-0.1, -0.05) is 55.3 Å². The maximum Gasteiger partial charge on any atom is 0.338 e. The van der Waals surface area contributed by atoms with E-state index in [4.69, 9.17) is 14.2 Å². The average Bonchev–Trinajstić information content (AvgIpc) is 3.07. The monoisotopic (exact) mass is 630 g/mol. The second-order valence-electron chi connectivity index (χ2n) is 10.6. The molecule has 0 radical (unpaired) electrons. The first-order valence-corrected chi connectivity index (χ1v) is 14.6. The Morgan fingerprint density at radius 3 is 1.15 bits per heavy atom. The van der Waals surface area contributed by atoms with E-state index < -0.39 is 17.9 Å². The van der Waals surface area contributed by atoms with Crippen molar-refractivity contribution in [3.8, 4) is 52.8 Å². The number of hydrogen-bond acceptors (Lipinski definition) is 6. The molecule has 0 aliphatic rings. The molecule has 0 fully saturated rings. The van der Waals surface area contributed by atoms with Crippen LogP contribution in [0.2, 0.25) is 0 Å². The summed E-state index contributed by atoms with van der Waals surface area (Å²) in [5.41, 5.74) is 4.97. The standard InChI is InChI=1S/C42H30O6/c1-28(2)40(43)46-37-23-17-33(18-24-37)12-9-31-7-10-32(11-8-31)15-21-36-22-16-35(27-39(36)48-42(45)30(5)6)14-13-34-19-25-38(26-20-34)47-41(44)29(3)4/h7-8,10-11,16-20,22-27H,1,3,5H2,2,4,6H3. The Morgan fingerprint density at radius 1 is 0.438 bits per heavy atom. The minimum Gasteiger partial charge on any atom is -0.423 e. The molecule has 4 aromatic carbocycles. The lowest BCUT2D eigenvalue weighted by atomic mass is 10.1. The van der Waals surface area contributed by atoms with Crippen LogP contribution in [-0.2, 0) is 14.4 Å². The van der Waals surface area contributed by atoms with E-state index in [0.717, 1.165) is 16.7 Å². The van der Waals surface area contributed by atoms with E-state index in [1.807, 2.05) is 24.3 Å². The fourth-order valence-corrected chi connectivity index (χ4v) is 3.64. The number of ether oxygens (including phenoxy) is 3. The molecule has 4 aromatic rings. The molecule has 0 bridgehead atoms. The smallest absolute Gasteiger partial charge is 0.338 e. The Morgan fingerprint density at radius 2 is 0.750 bits per heavy atom. The summed E-state index contributed by atoms with van der Waals surface area (Å²) in [7, 11) is 0. The van der Waals surface area contributed by atoms with Crippen LogP contribution in [0.3, 0.4) is 0 Å². The molecular formula is C42H30O6. The lowest BCUT2D eigenvalue weighted by Gasteiger charge is -2.07. The van der Waals surface area contributed by atoms with E-state index in [-0.39, 0.29) is 11.3 Å². The Hall–Kier alpha value is -6.81. The molecule has 6 nitrogen and oxygen atoms in total. The molecule has 0 atom stereocenters. The van der Waals surface area contributed by atoms with E-state index in [1.54, 1.807) is 87.5 Å². The molecule has 0 heterocycles. The molecule has 234 valence electrons. The SMILES string of the molecule is C=C(C)C(=O)Oc1ccc(C#Cc2ccc(C#Cc3ccc(C#Cc4ccc(OC(=O)C(=C)C)cc4)cc3OC(=O)C(=C)C)cc2)cc1. The quantitative estimate of drug-likeness (QED) is 0.0961. The predicted molar refractivity (Wildman–Crippen MR) is 185 cm³/mol. The van der Waals surface area contributed by atoms with Gasteiger partial charge in [-0.2, -0.15) is 0 Å². The van der Waals surface area contributed by atoms with Gasteiger partial charge in [-0.15, -0.1) is 0 Å². The van der Waals surface area contributed by atoms with Crippen molar-refractivity contribution >= 4 is 17.9 Å².